The SMILES string of the molecule is CC[C@H](OC)[C@@H](C)OC(C)(C)C[C@H](C)/C=C/C=C(\C)[C@H]1O[C@@H](CNC(=O)CCOCCOC(=O)N2CCCC2)CC[C@@H]1C. The molecule has 2 amide bonds. The lowest BCUT2D eigenvalue weighted by molar-refractivity contribution is -0.125. The minimum absolute atomic E-state index is 0.0127. The molecule has 0 unspecified atom stereocenters. The molecule has 0 aromatic heterocycles. The molecule has 2 saturated heterocycles. The van der Waals surface area contributed by atoms with E-state index in [0.717, 1.165) is 51.6 Å². The molecule has 0 aliphatic carbocycles. The molecular weight excluding hydrogens is 548 g/mol. The number of carbonyl (C=O) groups excluding carboxylic acids is 2. The van der Waals surface area contributed by atoms with Crippen molar-refractivity contribution in [3.63, 3.8) is 0 Å². The molecule has 2 fully saturated rings. The highest BCUT2D eigenvalue weighted by molar-refractivity contribution is 5.75. The quantitative estimate of drug-likeness (QED) is 0.149. The van der Waals surface area contributed by atoms with Crippen LogP contribution in [0.5, 0.6) is 0 Å². The molecule has 0 saturated carbocycles. The Balaban J connectivity index is 1.68. The molecule has 248 valence electrons. The Morgan fingerprint density at radius 2 is 1.84 bits per heavy atom. The van der Waals surface area contributed by atoms with Crippen molar-refractivity contribution in [1.29, 1.82) is 0 Å². The van der Waals surface area contributed by atoms with Crippen LogP contribution in [-0.2, 0) is 28.5 Å². The summed E-state index contributed by atoms with van der Waals surface area (Å²) in [5.74, 6) is 0.712. The second-order valence-corrected chi connectivity index (χ2v) is 13.0. The summed E-state index contributed by atoms with van der Waals surface area (Å²) < 4.78 is 29.0. The van der Waals surface area contributed by atoms with E-state index in [9.17, 15) is 9.59 Å². The summed E-state index contributed by atoms with van der Waals surface area (Å²) in [6, 6.07) is 0. The molecule has 43 heavy (non-hydrogen) atoms. The van der Waals surface area contributed by atoms with Gasteiger partial charge in [-0.15, -0.1) is 0 Å². The summed E-state index contributed by atoms with van der Waals surface area (Å²) in [5.41, 5.74) is 0.946. The van der Waals surface area contributed by atoms with Crippen LogP contribution in [0.25, 0.3) is 0 Å². The van der Waals surface area contributed by atoms with Gasteiger partial charge >= 0.3 is 6.09 Å². The summed E-state index contributed by atoms with van der Waals surface area (Å²) in [6.45, 7) is 17.9. The topological polar surface area (TPSA) is 95.6 Å². The molecule has 6 atom stereocenters. The minimum Gasteiger partial charge on any atom is -0.447 e. The van der Waals surface area contributed by atoms with E-state index in [1.807, 2.05) is 0 Å². The van der Waals surface area contributed by atoms with Gasteiger partial charge in [0, 0.05) is 33.2 Å². The van der Waals surface area contributed by atoms with Crippen LogP contribution in [0, 0.1) is 11.8 Å². The number of ether oxygens (including phenoxy) is 5. The molecule has 1 N–H and O–H groups in total. The first-order chi connectivity index (χ1) is 20.5. The number of nitrogens with zero attached hydrogens (tertiary/aromatic N) is 1. The van der Waals surface area contributed by atoms with Crippen LogP contribution in [0.4, 0.5) is 4.79 Å². The number of amides is 2. The molecule has 0 aromatic rings. The predicted octanol–water partition coefficient (Wildman–Crippen LogP) is 6.06. The van der Waals surface area contributed by atoms with Gasteiger partial charge in [0.15, 0.2) is 0 Å². The van der Waals surface area contributed by atoms with Gasteiger partial charge in [-0.3, -0.25) is 4.79 Å². The number of hydrogen-bond acceptors (Lipinski definition) is 7. The fraction of sp³-hybridized carbons (Fsp3) is 0.824. The molecular formula is C34H60N2O7. The highest BCUT2D eigenvalue weighted by Gasteiger charge is 2.30. The third kappa shape index (κ3) is 14.1. The normalized spacial score (nSPS) is 23.8. The number of methoxy groups -OCH3 is 1. The van der Waals surface area contributed by atoms with Crippen molar-refractivity contribution < 1.29 is 33.3 Å². The fourth-order valence-electron chi connectivity index (χ4n) is 6.13. The van der Waals surface area contributed by atoms with E-state index in [-0.39, 0.29) is 61.7 Å². The van der Waals surface area contributed by atoms with Gasteiger partial charge in [0.2, 0.25) is 5.91 Å². The van der Waals surface area contributed by atoms with Gasteiger partial charge in [-0.1, -0.05) is 39.0 Å². The van der Waals surface area contributed by atoms with Crippen LogP contribution < -0.4 is 5.32 Å². The van der Waals surface area contributed by atoms with Crippen molar-refractivity contribution in [1.82, 2.24) is 10.2 Å². The zero-order valence-corrected chi connectivity index (χ0v) is 28.2. The van der Waals surface area contributed by atoms with E-state index < -0.39 is 0 Å². The van der Waals surface area contributed by atoms with Gasteiger partial charge < -0.3 is 33.9 Å². The van der Waals surface area contributed by atoms with Crippen LogP contribution in [0.3, 0.4) is 0 Å². The zero-order chi connectivity index (χ0) is 31.8. The van der Waals surface area contributed by atoms with E-state index in [2.05, 4.69) is 72.0 Å². The summed E-state index contributed by atoms with van der Waals surface area (Å²) in [7, 11) is 1.74. The lowest BCUT2D eigenvalue weighted by atomic mass is 9.89. The second-order valence-electron chi connectivity index (χ2n) is 13.0. The number of rotatable bonds is 18. The molecule has 2 heterocycles. The average molecular weight is 609 g/mol. The standard InChI is InChI=1S/C34H60N2O7/c1-9-30(39-8)28(5)43-34(6,7)23-25(2)13-12-14-26(3)32-27(4)15-16-29(42-32)24-35-31(37)17-20-40-21-22-41-33(38)36-18-10-11-19-36/h12-14,25,27-30,32H,9-11,15-24H2,1-8H3,(H,35,37)/b13-12+,26-14+/t25-,27+,28-,29-,30+,32-/m1/s1. The average Bonchev–Trinajstić information content (AvgIpc) is 3.49. The van der Waals surface area contributed by atoms with Crippen LogP contribution in [0.15, 0.2) is 23.8 Å². The molecule has 0 radical (unpaired) electrons. The lowest BCUT2D eigenvalue weighted by Gasteiger charge is -2.35. The van der Waals surface area contributed by atoms with E-state index in [1.54, 1.807) is 12.0 Å². The maximum absolute atomic E-state index is 12.3. The van der Waals surface area contributed by atoms with Gasteiger partial charge in [0.05, 0.1) is 43.2 Å². The Morgan fingerprint density at radius 3 is 2.51 bits per heavy atom. The van der Waals surface area contributed by atoms with Crippen molar-refractivity contribution in [2.24, 2.45) is 11.8 Å². The largest absolute Gasteiger partial charge is 0.447 e. The van der Waals surface area contributed by atoms with E-state index in [4.69, 9.17) is 23.7 Å². The molecule has 0 bridgehead atoms. The lowest BCUT2D eigenvalue weighted by Crippen LogP contribution is -2.41. The monoisotopic (exact) mass is 608 g/mol. The Bertz CT molecular complexity index is 880. The molecule has 0 aromatic carbocycles. The zero-order valence-electron chi connectivity index (χ0n) is 28.2. The first kappa shape index (κ1) is 37.2. The number of likely N-dealkylation sites (tertiary alicyclic amines) is 1. The summed E-state index contributed by atoms with van der Waals surface area (Å²) in [6.07, 6.45) is 12.6. The first-order valence-electron chi connectivity index (χ1n) is 16.4. The highest BCUT2D eigenvalue weighted by atomic mass is 16.6. The van der Waals surface area contributed by atoms with Crippen molar-refractivity contribution >= 4 is 12.0 Å². The Hall–Kier alpha value is -1.94. The van der Waals surface area contributed by atoms with Crippen LogP contribution >= 0.6 is 0 Å². The molecule has 0 spiro atoms. The Morgan fingerprint density at radius 1 is 1.12 bits per heavy atom. The van der Waals surface area contributed by atoms with Crippen molar-refractivity contribution in [3.8, 4) is 0 Å². The van der Waals surface area contributed by atoms with Crippen molar-refractivity contribution in [2.45, 2.75) is 123 Å². The molecule has 9 heteroatoms. The molecule has 2 rings (SSSR count). The third-order valence-electron chi connectivity index (χ3n) is 8.41. The Kier molecular flexibility index (Phi) is 16.8. The maximum Gasteiger partial charge on any atom is 0.409 e. The number of nitrogens with one attached hydrogen (secondary N) is 1. The van der Waals surface area contributed by atoms with Gasteiger partial charge in [-0.2, -0.15) is 0 Å². The summed E-state index contributed by atoms with van der Waals surface area (Å²) in [4.78, 5) is 25.9. The van der Waals surface area contributed by atoms with Crippen LogP contribution in [0.2, 0.25) is 0 Å². The number of allylic oxidation sites excluding steroid dienone is 3. The predicted molar refractivity (Wildman–Crippen MR) is 170 cm³/mol. The molecule has 9 nitrogen and oxygen atoms in total. The smallest absolute Gasteiger partial charge is 0.409 e. The van der Waals surface area contributed by atoms with Gasteiger partial charge in [-0.25, -0.2) is 4.79 Å². The van der Waals surface area contributed by atoms with Gasteiger partial charge in [-0.05, 0) is 83.6 Å². The summed E-state index contributed by atoms with van der Waals surface area (Å²) >= 11 is 0. The highest BCUT2D eigenvalue weighted by Crippen LogP contribution is 2.29. The molecule has 2 aliphatic heterocycles. The third-order valence-corrected chi connectivity index (χ3v) is 8.41. The maximum atomic E-state index is 12.3. The van der Waals surface area contributed by atoms with Crippen LogP contribution in [-0.4, -0.2) is 93.5 Å². The van der Waals surface area contributed by atoms with Crippen molar-refractivity contribution in [2.75, 3.05) is 46.6 Å². The number of carbonyl (C=O) groups is 2. The molecule has 2 aliphatic rings. The minimum atomic E-state index is -0.280. The van der Waals surface area contributed by atoms with E-state index >= 15 is 0 Å². The van der Waals surface area contributed by atoms with Gasteiger partial charge in [0.25, 0.3) is 0 Å². The van der Waals surface area contributed by atoms with Gasteiger partial charge in [0.1, 0.15) is 6.61 Å². The first-order valence-corrected chi connectivity index (χ1v) is 16.4. The second kappa shape index (κ2) is 19.4. The van der Waals surface area contributed by atoms with Crippen LogP contribution in [0.1, 0.15) is 93.4 Å². The summed E-state index contributed by atoms with van der Waals surface area (Å²) in [5, 5.41) is 2.99. The van der Waals surface area contributed by atoms with E-state index in [0.29, 0.717) is 25.0 Å². The number of hydrogen-bond donors (Lipinski definition) is 1. The van der Waals surface area contributed by atoms with E-state index in [1.165, 1.54) is 5.57 Å². The fourth-order valence-corrected chi connectivity index (χ4v) is 6.13. The Labute approximate surface area is 261 Å². The van der Waals surface area contributed by atoms with Crippen molar-refractivity contribution in [3.05, 3.63) is 23.8 Å².